The molecule has 2 unspecified atom stereocenters. The predicted molar refractivity (Wildman–Crippen MR) is 283 cm³/mol. The molecule has 2 fully saturated rings. The summed E-state index contributed by atoms with van der Waals surface area (Å²) in [5.74, 6) is -0.964. The fraction of sp³-hybridized carbons (Fsp3) is 0.370. The number of methoxy groups -OCH3 is 2. The van der Waals surface area contributed by atoms with E-state index in [1.807, 2.05) is 74.5 Å². The second kappa shape index (κ2) is 27.6. The smallest absolute Gasteiger partial charge is 0.328 e. The number of hydrogen-bond donors (Lipinski definition) is 4. The Morgan fingerprint density at radius 2 is 0.905 bits per heavy atom. The van der Waals surface area contributed by atoms with Gasteiger partial charge in [-0.3, -0.25) is 38.5 Å². The van der Waals surface area contributed by atoms with Crippen LogP contribution in [0.2, 0.25) is 0 Å². The number of rotatable bonds is 18. The Balaban J connectivity index is 0.000000210. The number of carboxylic acid groups (broad SMARTS) is 2. The first-order valence-electron chi connectivity index (χ1n) is 24.6. The van der Waals surface area contributed by atoms with E-state index < -0.39 is 11.9 Å². The lowest BCUT2D eigenvalue weighted by atomic mass is 9.96. The van der Waals surface area contributed by atoms with Crippen molar-refractivity contribution in [3.63, 3.8) is 0 Å². The fourth-order valence-electron chi connectivity index (χ4n) is 9.00. The Bertz CT molecular complexity index is 2810. The molecular formula is C54H66N10O10. The lowest BCUT2D eigenvalue weighted by Gasteiger charge is -2.36. The van der Waals surface area contributed by atoms with Crippen molar-refractivity contribution in [1.82, 2.24) is 38.9 Å². The first-order chi connectivity index (χ1) is 35.8. The lowest BCUT2D eigenvalue weighted by molar-refractivity contribution is -0.134. The molecule has 0 spiro atoms. The molecule has 6 heterocycles. The molecule has 2 saturated heterocycles. The highest BCUT2D eigenvalue weighted by atomic mass is 16.5. The van der Waals surface area contributed by atoms with Crippen LogP contribution in [0.3, 0.4) is 0 Å². The lowest BCUT2D eigenvalue weighted by Crippen LogP contribution is -2.47. The molecule has 392 valence electrons. The molecule has 2 atom stereocenters. The van der Waals surface area contributed by atoms with E-state index in [0.29, 0.717) is 36.4 Å². The summed E-state index contributed by atoms with van der Waals surface area (Å²) in [5, 5.41) is 15.6. The summed E-state index contributed by atoms with van der Waals surface area (Å²) in [6, 6.07) is 23.8. The number of hydrogen-bond acceptors (Lipinski definition) is 14. The van der Waals surface area contributed by atoms with E-state index >= 15 is 0 Å². The Hall–Kier alpha value is -8.10. The zero-order chi connectivity index (χ0) is 53.0. The number of pyridine rings is 2. The van der Waals surface area contributed by atoms with Crippen LogP contribution in [-0.4, -0.2) is 141 Å². The molecule has 0 radical (unpaired) electrons. The number of piperazine rings is 2. The summed E-state index contributed by atoms with van der Waals surface area (Å²) < 4.78 is 13.6. The summed E-state index contributed by atoms with van der Waals surface area (Å²) in [6.45, 7) is 13.8. The Kier molecular flexibility index (Phi) is 20.6. The maximum Gasteiger partial charge on any atom is 0.328 e. The molecule has 2 aliphatic rings. The molecule has 0 saturated carbocycles. The number of ether oxygens (including phenoxy) is 2. The van der Waals surface area contributed by atoms with Gasteiger partial charge in [-0.25, -0.2) is 19.2 Å². The maximum atomic E-state index is 13.0. The monoisotopic (exact) mass is 1010 g/mol. The van der Waals surface area contributed by atoms with Gasteiger partial charge in [-0.1, -0.05) is 38.1 Å². The van der Waals surface area contributed by atoms with Crippen molar-refractivity contribution >= 4 is 23.3 Å². The first kappa shape index (κ1) is 55.2. The second-order valence-electron chi connectivity index (χ2n) is 17.7. The first-order valence-corrected chi connectivity index (χ1v) is 24.6. The fourth-order valence-corrected chi connectivity index (χ4v) is 9.00. The molecule has 74 heavy (non-hydrogen) atoms. The highest BCUT2D eigenvalue weighted by molar-refractivity contribution is 5.89. The van der Waals surface area contributed by atoms with Crippen LogP contribution >= 0.6 is 0 Å². The van der Waals surface area contributed by atoms with Crippen LogP contribution in [0.25, 0.3) is 0 Å². The van der Waals surface area contributed by atoms with Gasteiger partial charge in [-0.15, -0.1) is 0 Å². The van der Waals surface area contributed by atoms with Gasteiger partial charge in [0.15, 0.2) is 0 Å². The molecule has 0 aliphatic carbocycles. The molecular weight excluding hydrogens is 949 g/mol. The number of aromatic amines is 2. The number of benzene rings is 2. The summed E-state index contributed by atoms with van der Waals surface area (Å²) in [5.41, 5.74) is 4.27. The van der Waals surface area contributed by atoms with Gasteiger partial charge >= 0.3 is 23.3 Å². The van der Waals surface area contributed by atoms with Crippen molar-refractivity contribution in [1.29, 1.82) is 0 Å². The number of carbonyl (C=O) groups is 2. The molecule has 20 nitrogen and oxygen atoms in total. The Morgan fingerprint density at radius 3 is 1.24 bits per heavy atom. The van der Waals surface area contributed by atoms with Crippen LogP contribution in [0.15, 0.2) is 141 Å². The highest BCUT2D eigenvalue weighted by Crippen LogP contribution is 2.30. The highest BCUT2D eigenvalue weighted by Gasteiger charge is 2.22. The van der Waals surface area contributed by atoms with E-state index in [4.69, 9.17) is 19.7 Å². The van der Waals surface area contributed by atoms with Crippen LogP contribution in [0.5, 0.6) is 11.5 Å². The predicted octanol–water partition coefficient (Wildman–Crippen LogP) is 4.32. The number of nitrogens with zero attached hydrogens (tertiary/aromatic N) is 8. The largest absolute Gasteiger partial charge is 0.495 e. The third-order valence-electron chi connectivity index (χ3n) is 13.2. The van der Waals surface area contributed by atoms with E-state index in [1.54, 1.807) is 51.4 Å². The average Bonchev–Trinajstić information content (AvgIpc) is 3.43. The van der Waals surface area contributed by atoms with E-state index in [9.17, 15) is 28.8 Å². The normalized spacial score (nSPS) is 14.8. The van der Waals surface area contributed by atoms with Crippen molar-refractivity contribution in [2.45, 2.75) is 51.6 Å². The number of nitrogens with one attached hydrogen (secondary N) is 2. The van der Waals surface area contributed by atoms with Crippen molar-refractivity contribution in [3.05, 3.63) is 186 Å². The molecule has 2 aliphatic heterocycles. The van der Waals surface area contributed by atoms with E-state index in [1.165, 1.54) is 9.13 Å². The molecule has 20 heteroatoms. The summed E-state index contributed by atoms with van der Waals surface area (Å²) in [6.07, 6.45) is 12.5. The summed E-state index contributed by atoms with van der Waals surface area (Å²) in [4.78, 5) is 92.9. The van der Waals surface area contributed by atoms with Gasteiger partial charge in [-0.2, -0.15) is 0 Å². The summed E-state index contributed by atoms with van der Waals surface area (Å²) >= 11 is 0. The van der Waals surface area contributed by atoms with Crippen LogP contribution in [0.1, 0.15) is 60.8 Å². The standard InChI is InChI=1S/2C25H31N5O3.C4H4O4/c2*1-19(20-8-10-26-11-9-20)21-18-27-25(32)30(24(21)31)13-5-12-28-14-16-29(17-15-28)22-6-3-4-7-23(22)33-2;5-3(6)1-2-4(7)8/h2*3-4,6-11,18-19H,5,12-17H2,1-2H3,(H,27,32);1-2H,(H,5,6)(H,7,8)/b;;2-1+. The van der Waals surface area contributed by atoms with Gasteiger partial charge in [0, 0.05) is 138 Å². The van der Waals surface area contributed by atoms with Gasteiger partial charge in [0.05, 0.1) is 25.6 Å². The van der Waals surface area contributed by atoms with Gasteiger partial charge in [0.2, 0.25) is 0 Å². The van der Waals surface area contributed by atoms with E-state index in [2.05, 4.69) is 51.7 Å². The van der Waals surface area contributed by atoms with E-state index in [0.717, 1.165) is 112 Å². The molecule has 8 rings (SSSR count). The second-order valence-corrected chi connectivity index (χ2v) is 17.7. The van der Waals surface area contributed by atoms with Gasteiger partial charge in [0.25, 0.3) is 11.1 Å². The van der Waals surface area contributed by atoms with Crippen LogP contribution in [-0.2, 0) is 22.7 Å². The van der Waals surface area contributed by atoms with Crippen molar-refractivity contribution in [2.75, 3.05) is 89.5 Å². The molecule has 2 aromatic carbocycles. The Morgan fingerprint density at radius 1 is 0.554 bits per heavy atom. The topological polar surface area (TPSA) is 242 Å². The maximum absolute atomic E-state index is 13.0. The average molecular weight is 1020 g/mol. The number of H-pyrrole nitrogens is 2. The van der Waals surface area contributed by atoms with Gasteiger partial charge in [0.1, 0.15) is 11.5 Å². The minimum absolute atomic E-state index is 0.119. The third-order valence-corrected chi connectivity index (χ3v) is 13.2. The molecule has 6 aromatic rings. The van der Waals surface area contributed by atoms with Crippen LogP contribution in [0.4, 0.5) is 11.4 Å². The van der Waals surface area contributed by atoms with Gasteiger partial charge < -0.3 is 39.5 Å². The SMILES string of the molecule is COc1ccccc1N1CCN(CCCn2c(=O)[nH]cc(C(C)c3ccncc3)c2=O)CC1.COc1ccccc1N1CCN(CCCn2c(=O)[nH]cc(C(C)c3ccncc3)c2=O)CC1.O=C(O)/C=C/C(=O)O. The molecule has 4 N–H and O–H groups in total. The van der Waals surface area contributed by atoms with Crippen LogP contribution < -0.4 is 41.8 Å². The molecule has 0 bridgehead atoms. The Labute approximate surface area is 428 Å². The van der Waals surface area contributed by atoms with E-state index in [-0.39, 0.29) is 34.3 Å². The zero-order valence-corrected chi connectivity index (χ0v) is 42.3. The minimum Gasteiger partial charge on any atom is -0.495 e. The quantitative estimate of drug-likeness (QED) is 0.0877. The number of aromatic nitrogens is 6. The molecule has 0 amide bonds. The van der Waals surface area contributed by atoms with Gasteiger partial charge in [-0.05, 0) is 85.6 Å². The summed E-state index contributed by atoms with van der Waals surface area (Å²) in [7, 11) is 3.40. The minimum atomic E-state index is -1.26. The number of para-hydroxylation sites is 4. The number of aliphatic carboxylic acids is 2. The zero-order valence-electron chi connectivity index (χ0n) is 42.3. The number of anilines is 2. The van der Waals surface area contributed by atoms with Crippen molar-refractivity contribution in [2.24, 2.45) is 0 Å². The third kappa shape index (κ3) is 15.2. The van der Waals surface area contributed by atoms with Crippen LogP contribution in [0, 0.1) is 0 Å². The van der Waals surface area contributed by atoms with Crippen molar-refractivity contribution in [3.8, 4) is 11.5 Å². The number of carboxylic acids is 2. The van der Waals surface area contributed by atoms with Crippen molar-refractivity contribution < 1.29 is 29.3 Å². The molecule has 4 aromatic heterocycles.